The number of hydrogen-bond acceptors (Lipinski definition) is 9. The van der Waals surface area contributed by atoms with Gasteiger partial charge in [-0.2, -0.15) is 0 Å². The summed E-state index contributed by atoms with van der Waals surface area (Å²) in [6.45, 7) is 7.34. The molecule has 12 heteroatoms. The van der Waals surface area contributed by atoms with Gasteiger partial charge in [-0.05, 0) is 62.4 Å². The highest BCUT2D eigenvalue weighted by atomic mass is 19.1. The van der Waals surface area contributed by atoms with E-state index in [1.54, 1.807) is 42.1 Å². The molecule has 1 aliphatic rings. The van der Waals surface area contributed by atoms with Crippen molar-refractivity contribution < 1.29 is 13.9 Å². The molecular weight excluding hydrogens is 537 g/mol. The van der Waals surface area contributed by atoms with Gasteiger partial charge in [0, 0.05) is 30.6 Å². The van der Waals surface area contributed by atoms with E-state index in [2.05, 4.69) is 49.4 Å². The van der Waals surface area contributed by atoms with E-state index in [9.17, 15) is 4.79 Å². The van der Waals surface area contributed by atoms with Gasteiger partial charge in [0.05, 0.1) is 17.4 Å². The fourth-order valence-electron chi connectivity index (χ4n) is 5.37. The summed E-state index contributed by atoms with van der Waals surface area (Å²) in [4.78, 5) is 30.0. The minimum absolute atomic E-state index is 0.00138. The highest BCUT2D eigenvalue weighted by Crippen LogP contribution is 2.36. The molecule has 42 heavy (non-hydrogen) atoms. The Kier molecular flexibility index (Phi) is 7.19. The second-order valence-electron chi connectivity index (χ2n) is 10.6. The molecule has 1 fully saturated rings. The quantitative estimate of drug-likeness (QED) is 0.253. The molecule has 0 saturated heterocycles. The molecule has 5 aromatic rings. The second-order valence-corrected chi connectivity index (χ2v) is 10.6. The summed E-state index contributed by atoms with van der Waals surface area (Å²) in [5.74, 6) is 1.63. The standard InChI is InChI=1S/C30H30FN9O2/c1-5-26(41)35-21-12-18(7-6-16(21)2)29-32-14-23-28(37-29)30(34-15-33-23)36-20-9-11-25(17(3)27(20)31)42-19-8-10-24-22(13-19)38-39-40(24)4/h5,8-11,13-16,18,21H,1,6-7,12H2,2-4H3,(H,35,41)(H,33,34,36)/t16-,18?,21-/m1/s1. The summed E-state index contributed by atoms with van der Waals surface area (Å²) in [5, 5.41) is 14.2. The van der Waals surface area contributed by atoms with Gasteiger partial charge in [0.1, 0.15) is 40.2 Å². The third kappa shape index (κ3) is 5.22. The van der Waals surface area contributed by atoms with Crippen molar-refractivity contribution in [3.63, 3.8) is 0 Å². The maximum Gasteiger partial charge on any atom is 0.243 e. The monoisotopic (exact) mass is 567 g/mol. The van der Waals surface area contributed by atoms with E-state index in [0.29, 0.717) is 57.6 Å². The number of nitrogens with zero attached hydrogens (tertiary/aromatic N) is 7. The molecule has 2 N–H and O–H groups in total. The smallest absolute Gasteiger partial charge is 0.243 e. The molecule has 11 nitrogen and oxygen atoms in total. The van der Waals surface area contributed by atoms with Gasteiger partial charge in [-0.15, -0.1) is 5.10 Å². The first-order chi connectivity index (χ1) is 20.3. The molecule has 0 radical (unpaired) electrons. The van der Waals surface area contributed by atoms with Gasteiger partial charge in [-0.1, -0.05) is 18.7 Å². The molecule has 0 spiro atoms. The number of aromatic nitrogens is 7. The Labute approximate surface area is 241 Å². The number of hydrogen-bond donors (Lipinski definition) is 2. The first kappa shape index (κ1) is 27.2. The zero-order valence-corrected chi connectivity index (χ0v) is 23.5. The van der Waals surface area contributed by atoms with Crippen molar-refractivity contribution in [2.75, 3.05) is 5.32 Å². The fraction of sp³-hybridized carbons (Fsp3) is 0.300. The number of carbonyl (C=O) groups excluding carboxylic acids is 1. The summed E-state index contributed by atoms with van der Waals surface area (Å²) in [5.41, 5.74) is 3.13. The summed E-state index contributed by atoms with van der Waals surface area (Å²) in [7, 11) is 1.81. The van der Waals surface area contributed by atoms with E-state index < -0.39 is 5.82 Å². The zero-order valence-electron chi connectivity index (χ0n) is 23.5. The molecule has 6 rings (SSSR count). The second kappa shape index (κ2) is 11.1. The van der Waals surface area contributed by atoms with E-state index in [1.807, 2.05) is 13.1 Å². The maximum absolute atomic E-state index is 15.6. The Morgan fingerprint density at radius 2 is 2.02 bits per heavy atom. The van der Waals surface area contributed by atoms with Crippen molar-refractivity contribution >= 4 is 39.5 Å². The largest absolute Gasteiger partial charge is 0.457 e. The Morgan fingerprint density at radius 3 is 2.86 bits per heavy atom. The molecule has 1 aliphatic carbocycles. The number of rotatable bonds is 7. The zero-order chi connectivity index (χ0) is 29.4. The predicted molar refractivity (Wildman–Crippen MR) is 156 cm³/mol. The van der Waals surface area contributed by atoms with Gasteiger partial charge in [0.25, 0.3) is 0 Å². The minimum Gasteiger partial charge on any atom is -0.457 e. The fourth-order valence-corrected chi connectivity index (χ4v) is 5.37. The molecule has 3 atom stereocenters. The number of fused-ring (bicyclic) bond motifs is 2. The van der Waals surface area contributed by atoms with E-state index >= 15 is 4.39 Å². The van der Waals surface area contributed by atoms with Gasteiger partial charge in [0.15, 0.2) is 11.6 Å². The van der Waals surface area contributed by atoms with Crippen molar-refractivity contribution in [2.45, 2.75) is 45.1 Å². The van der Waals surface area contributed by atoms with Crippen LogP contribution in [-0.4, -0.2) is 46.9 Å². The van der Waals surface area contributed by atoms with E-state index in [1.165, 1.54) is 12.4 Å². The summed E-state index contributed by atoms with van der Waals surface area (Å²) < 4.78 is 23.3. The van der Waals surface area contributed by atoms with Crippen LogP contribution in [0.2, 0.25) is 0 Å². The average Bonchev–Trinajstić information content (AvgIpc) is 3.37. The normalized spacial score (nSPS) is 18.6. The van der Waals surface area contributed by atoms with E-state index in [4.69, 9.17) is 9.72 Å². The number of aryl methyl sites for hydroxylation is 1. The Hall–Kier alpha value is -5.00. The van der Waals surface area contributed by atoms with Crippen LogP contribution in [0.1, 0.15) is 43.5 Å². The topological polar surface area (TPSA) is 133 Å². The van der Waals surface area contributed by atoms with Crippen LogP contribution in [0.15, 0.2) is 55.5 Å². The Bertz CT molecular complexity index is 1820. The van der Waals surface area contributed by atoms with Crippen LogP contribution >= 0.6 is 0 Å². The lowest BCUT2D eigenvalue weighted by Gasteiger charge is -2.34. The maximum atomic E-state index is 15.6. The van der Waals surface area contributed by atoms with E-state index in [-0.39, 0.29) is 23.6 Å². The Balaban J connectivity index is 1.25. The van der Waals surface area contributed by atoms with Crippen LogP contribution < -0.4 is 15.4 Å². The third-order valence-electron chi connectivity index (χ3n) is 7.87. The SMILES string of the molecule is C=CC(=O)N[C@@H]1CC(c2ncc3ncnc(Nc4ccc(Oc5ccc6c(c5)nnn6C)c(C)c4F)c3n2)CC[C@H]1C. The van der Waals surface area contributed by atoms with Crippen LogP contribution in [0, 0.1) is 18.7 Å². The predicted octanol–water partition coefficient (Wildman–Crippen LogP) is 5.26. The summed E-state index contributed by atoms with van der Waals surface area (Å²) in [6.07, 6.45) is 6.87. The number of ether oxygens (including phenoxy) is 1. The number of nitrogens with one attached hydrogen (secondary N) is 2. The summed E-state index contributed by atoms with van der Waals surface area (Å²) in [6, 6.07) is 8.71. The average molecular weight is 568 g/mol. The molecule has 1 saturated carbocycles. The molecule has 3 aromatic heterocycles. The molecule has 214 valence electrons. The van der Waals surface area contributed by atoms with E-state index in [0.717, 1.165) is 18.4 Å². The lowest BCUT2D eigenvalue weighted by atomic mass is 9.78. The minimum atomic E-state index is -0.476. The van der Waals surface area contributed by atoms with Gasteiger partial charge < -0.3 is 15.4 Å². The lowest BCUT2D eigenvalue weighted by Crippen LogP contribution is -2.42. The molecule has 0 bridgehead atoms. The van der Waals surface area contributed by atoms with Gasteiger partial charge >= 0.3 is 0 Å². The highest BCUT2D eigenvalue weighted by Gasteiger charge is 2.31. The van der Waals surface area contributed by atoms with Crippen molar-refractivity contribution in [3.05, 3.63) is 72.7 Å². The van der Waals surface area contributed by atoms with Crippen molar-refractivity contribution in [1.29, 1.82) is 0 Å². The third-order valence-corrected chi connectivity index (χ3v) is 7.87. The highest BCUT2D eigenvalue weighted by molar-refractivity contribution is 5.87. The van der Waals surface area contributed by atoms with Gasteiger partial charge in [-0.25, -0.2) is 29.0 Å². The number of carbonyl (C=O) groups is 1. The van der Waals surface area contributed by atoms with Crippen molar-refractivity contribution in [3.8, 4) is 11.5 Å². The first-order valence-corrected chi connectivity index (χ1v) is 13.7. The van der Waals surface area contributed by atoms with Crippen LogP contribution in [0.3, 0.4) is 0 Å². The number of anilines is 2. The molecule has 2 aromatic carbocycles. The van der Waals surface area contributed by atoms with Crippen molar-refractivity contribution in [1.82, 2.24) is 40.2 Å². The lowest BCUT2D eigenvalue weighted by molar-refractivity contribution is -0.117. The number of amides is 1. The van der Waals surface area contributed by atoms with Crippen LogP contribution in [0.4, 0.5) is 15.9 Å². The number of halogens is 1. The Morgan fingerprint density at radius 1 is 1.17 bits per heavy atom. The molecule has 1 unspecified atom stereocenters. The van der Waals surface area contributed by atoms with Crippen LogP contribution in [0.25, 0.3) is 22.1 Å². The van der Waals surface area contributed by atoms with Gasteiger partial charge in [0.2, 0.25) is 5.91 Å². The number of benzene rings is 2. The molecule has 0 aliphatic heterocycles. The summed E-state index contributed by atoms with van der Waals surface area (Å²) >= 11 is 0. The first-order valence-electron chi connectivity index (χ1n) is 13.7. The van der Waals surface area contributed by atoms with Crippen molar-refractivity contribution in [2.24, 2.45) is 13.0 Å². The van der Waals surface area contributed by atoms with Crippen LogP contribution in [0.5, 0.6) is 11.5 Å². The van der Waals surface area contributed by atoms with Crippen LogP contribution in [-0.2, 0) is 11.8 Å². The molecule has 3 heterocycles. The van der Waals surface area contributed by atoms with Gasteiger partial charge in [-0.3, -0.25) is 4.79 Å². The molecular formula is C30H30FN9O2. The molecule has 1 amide bonds.